The van der Waals surface area contributed by atoms with E-state index in [1.54, 1.807) is 6.92 Å². The second-order valence-electron chi connectivity index (χ2n) is 8.64. The number of furan rings is 1. The van der Waals surface area contributed by atoms with E-state index in [-0.39, 0.29) is 39.9 Å². The average Bonchev–Trinajstić information content (AvgIpc) is 3.38. The monoisotopic (exact) mass is 424 g/mol. The molecule has 7 nitrogen and oxygen atoms in total. The lowest BCUT2D eigenvalue weighted by molar-refractivity contribution is -0.147. The molecule has 2 unspecified atom stereocenters. The maximum absolute atomic E-state index is 12.9. The number of carbonyl (C=O) groups is 1. The molecule has 1 aromatic rings. The van der Waals surface area contributed by atoms with Crippen molar-refractivity contribution < 1.29 is 22.4 Å². The molecule has 2 heterocycles. The maximum Gasteiger partial charge on any atom is 0.287 e. The van der Waals surface area contributed by atoms with Gasteiger partial charge in [0.1, 0.15) is 10.7 Å². The van der Waals surface area contributed by atoms with Crippen molar-refractivity contribution in [1.82, 2.24) is 9.62 Å². The van der Waals surface area contributed by atoms with Gasteiger partial charge in [0.15, 0.2) is 5.76 Å². The number of rotatable bonds is 6. The molecule has 0 aromatic carbocycles. The minimum absolute atomic E-state index is 0.00994. The van der Waals surface area contributed by atoms with Crippen LogP contribution in [0.1, 0.15) is 74.6 Å². The first-order chi connectivity index (χ1) is 13.9. The minimum atomic E-state index is -3.61. The second-order valence-corrected chi connectivity index (χ2v) is 10.5. The largest absolute Gasteiger partial charge is 0.455 e. The molecule has 1 N–H and O–H groups in total. The molecule has 1 spiro atoms. The van der Waals surface area contributed by atoms with Crippen LogP contribution in [0.2, 0.25) is 0 Å². The van der Waals surface area contributed by atoms with Gasteiger partial charge in [-0.25, -0.2) is 8.42 Å². The molecule has 1 aliphatic heterocycles. The number of amides is 1. The number of hydrogen-bond donors (Lipinski definition) is 1. The molecule has 2 aliphatic carbocycles. The van der Waals surface area contributed by atoms with Gasteiger partial charge in [-0.05, 0) is 46.0 Å². The van der Waals surface area contributed by atoms with Crippen LogP contribution in [0.25, 0.3) is 0 Å². The zero-order valence-electron chi connectivity index (χ0n) is 17.4. The zero-order valence-corrected chi connectivity index (χ0v) is 18.2. The van der Waals surface area contributed by atoms with E-state index in [4.69, 9.17) is 9.15 Å². The van der Waals surface area contributed by atoms with Crippen LogP contribution in [0, 0.1) is 12.3 Å². The Kier molecular flexibility index (Phi) is 5.79. The summed E-state index contributed by atoms with van der Waals surface area (Å²) < 4.78 is 38.7. The summed E-state index contributed by atoms with van der Waals surface area (Å²) in [6.07, 6.45) is 8.42. The van der Waals surface area contributed by atoms with Crippen molar-refractivity contribution >= 4 is 15.9 Å². The fourth-order valence-electron chi connectivity index (χ4n) is 5.40. The van der Waals surface area contributed by atoms with Gasteiger partial charge >= 0.3 is 0 Å². The molecule has 3 aliphatic rings. The molecule has 4 rings (SSSR count). The summed E-state index contributed by atoms with van der Waals surface area (Å²) in [4.78, 5) is 13.0. The van der Waals surface area contributed by atoms with Gasteiger partial charge in [0.05, 0.1) is 6.10 Å². The van der Waals surface area contributed by atoms with Crippen LogP contribution in [0.15, 0.2) is 15.4 Å². The number of carbonyl (C=O) groups excluding carboxylic acids is 1. The molecule has 1 amide bonds. The molecule has 3 fully saturated rings. The van der Waals surface area contributed by atoms with Gasteiger partial charge in [-0.1, -0.05) is 19.3 Å². The fraction of sp³-hybridized carbons (Fsp3) is 0.762. The predicted octanol–water partition coefficient (Wildman–Crippen LogP) is 3.23. The molecule has 2 atom stereocenters. The smallest absolute Gasteiger partial charge is 0.287 e. The van der Waals surface area contributed by atoms with Crippen molar-refractivity contribution in [3.63, 3.8) is 0 Å². The van der Waals surface area contributed by atoms with E-state index >= 15 is 0 Å². The van der Waals surface area contributed by atoms with E-state index in [1.165, 1.54) is 16.8 Å². The molecule has 162 valence electrons. The molecule has 8 heteroatoms. The molecule has 29 heavy (non-hydrogen) atoms. The normalized spacial score (nSPS) is 27.1. The van der Waals surface area contributed by atoms with Crippen molar-refractivity contribution in [3.05, 3.63) is 17.6 Å². The Hall–Kier alpha value is -1.38. The van der Waals surface area contributed by atoms with Crippen LogP contribution in [0.3, 0.4) is 0 Å². The molecular formula is C21H32N2O5S. The number of ether oxygens (including phenoxy) is 1. The Balaban J connectivity index is 1.49. The first-order valence-corrected chi connectivity index (χ1v) is 12.4. The van der Waals surface area contributed by atoms with Crippen molar-refractivity contribution in [2.24, 2.45) is 5.41 Å². The Morgan fingerprint density at radius 2 is 1.93 bits per heavy atom. The van der Waals surface area contributed by atoms with Gasteiger partial charge in [-0.2, -0.15) is 4.31 Å². The van der Waals surface area contributed by atoms with Crippen LogP contribution < -0.4 is 5.32 Å². The number of aryl methyl sites for hydroxylation is 1. The summed E-state index contributed by atoms with van der Waals surface area (Å²) in [5, 5.41) is 3.12. The lowest BCUT2D eigenvalue weighted by atomic mass is 9.55. The third-order valence-electron chi connectivity index (χ3n) is 7.02. The van der Waals surface area contributed by atoms with Crippen LogP contribution in [-0.2, 0) is 14.8 Å². The fourth-order valence-corrected chi connectivity index (χ4v) is 7.07. The molecule has 0 bridgehead atoms. The Morgan fingerprint density at radius 1 is 1.24 bits per heavy atom. The van der Waals surface area contributed by atoms with Gasteiger partial charge in [-0.15, -0.1) is 0 Å². The van der Waals surface area contributed by atoms with Crippen molar-refractivity contribution in [2.75, 3.05) is 19.7 Å². The van der Waals surface area contributed by atoms with E-state index in [9.17, 15) is 13.2 Å². The van der Waals surface area contributed by atoms with Crippen LogP contribution >= 0.6 is 0 Å². The molecule has 1 aromatic heterocycles. The van der Waals surface area contributed by atoms with E-state index in [0.717, 1.165) is 44.9 Å². The van der Waals surface area contributed by atoms with Gasteiger partial charge < -0.3 is 14.5 Å². The lowest BCUT2D eigenvalue weighted by Gasteiger charge is -2.57. The third kappa shape index (κ3) is 3.64. The van der Waals surface area contributed by atoms with Crippen molar-refractivity contribution in [3.8, 4) is 0 Å². The van der Waals surface area contributed by atoms with E-state index < -0.39 is 10.0 Å². The third-order valence-corrected chi connectivity index (χ3v) is 9.03. The van der Waals surface area contributed by atoms with Gasteiger partial charge in [-0.3, -0.25) is 4.79 Å². The summed E-state index contributed by atoms with van der Waals surface area (Å²) >= 11 is 0. The quantitative estimate of drug-likeness (QED) is 0.757. The molecule has 1 saturated heterocycles. The summed E-state index contributed by atoms with van der Waals surface area (Å²) in [6, 6.07) is 1.45. The number of hydrogen-bond acceptors (Lipinski definition) is 5. The first-order valence-electron chi connectivity index (χ1n) is 10.9. The van der Waals surface area contributed by atoms with E-state index in [1.807, 2.05) is 6.92 Å². The van der Waals surface area contributed by atoms with Crippen molar-refractivity contribution in [1.29, 1.82) is 0 Å². The maximum atomic E-state index is 12.9. The first kappa shape index (κ1) is 20.9. The van der Waals surface area contributed by atoms with E-state index in [0.29, 0.717) is 19.7 Å². The highest BCUT2D eigenvalue weighted by Crippen LogP contribution is 2.53. The highest BCUT2D eigenvalue weighted by atomic mass is 32.2. The molecule has 2 saturated carbocycles. The highest BCUT2D eigenvalue weighted by Gasteiger charge is 2.56. The predicted molar refractivity (Wildman–Crippen MR) is 108 cm³/mol. The Labute approximate surface area is 173 Å². The second kappa shape index (κ2) is 8.04. The number of nitrogens with one attached hydrogen (secondary N) is 1. The van der Waals surface area contributed by atoms with Crippen LogP contribution in [-0.4, -0.2) is 50.5 Å². The summed E-state index contributed by atoms with van der Waals surface area (Å²) in [5.74, 6) is 0.0159. The number of nitrogens with zero attached hydrogens (tertiary/aromatic N) is 1. The Morgan fingerprint density at radius 3 is 2.59 bits per heavy atom. The summed E-state index contributed by atoms with van der Waals surface area (Å²) in [7, 11) is -3.61. The molecule has 0 radical (unpaired) electrons. The summed E-state index contributed by atoms with van der Waals surface area (Å²) in [5.41, 5.74) is 0.00994. The number of sulfonamides is 1. The van der Waals surface area contributed by atoms with Crippen molar-refractivity contribution in [2.45, 2.75) is 82.3 Å². The van der Waals surface area contributed by atoms with Crippen LogP contribution in [0.4, 0.5) is 0 Å². The summed E-state index contributed by atoms with van der Waals surface area (Å²) in [6.45, 7) is 5.35. The van der Waals surface area contributed by atoms with E-state index in [2.05, 4.69) is 5.32 Å². The van der Waals surface area contributed by atoms with Gasteiger partial charge in [0.25, 0.3) is 5.91 Å². The minimum Gasteiger partial charge on any atom is -0.455 e. The standard InChI is InChI=1S/C21H32N2O5S/c1-3-27-19-14-18(21(19)9-5-4-6-10-21)22-20(24)16-13-17(15(2)28-16)29(25,26)23-11-7-8-12-23/h13,18-19H,3-12,14H2,1-2H3,(H,22,24). The topological polar surface area (TPSA) is 88.8 Å². The zero-order chi connectivity index (χ0) is 20.6. The van der Waals surface area contributed by atoms with Crippen LogP contribution in [0.5, 0.6) is 0 Å². The SMILES string of the molecule is CCOC1CC(NC(=O)c2cc(S(=O)(=O)N3CCCC3)c(C)o2)C12CCCCC2. The lowest BCUT2D eigenvalue weighted by Crippen LogP contribution is -2.65. The molecular weight excluding hydrogens is 392 g/mol. The average molecular weight is 425 g/mol. The Bertz CT molecular complexity index is 850. The van der Waals surface area contributed by atoms with Gasteiger partial charge in [0.2, 0.25) is 10.0 Å². The van der Waals surface area contributed by atoms with Gasteiger partial charge in [0, 0.05) is 37.2 Å². The highest BCUT2D eigenvalue weighted by molar-refractivity contribution is 7.89.